The van der Waals surface area contributed by atoms with Crippen LogP contribution in [-0.2, 0) is 11.3 Å². The summed E-state index contributed by atoms with van der Waals surface area (Å²) in [6.45, 7) is 5.01. The lowest BCUT2D eigenvalue weighted by Crippen LogP contribution is -2.32. The fourth-order valence-electron chi connectivity index (χ4n) is 1.21. The highest BCUT2D eigenvalue weighted by Crippen LogP contribution is 2.21. The number of alkyl carbamates (subject to hydrolysis) is 1. The Bertz CT molecular complexity index is 432. The molecule has 18 heavy (non-hydrogen) atoms. The molecule has 100 valence electrons. The molecule has 0 fully saturated rings. The van der Waals surface area contributed by atoms with Crippen molar-refractivity contribution in [1.29, 1.82) is 0 Å². The number of hydrogen-bond donors (Lipinski definition) is 2. The zero-order valence-electron chi connectivity index (χ0n) is 10.4. The number of hydrogen-bond acceptors (Lipinski definition) is 3. The smallest absolute Gasteiger partial charge is 0.407 e. The zero-order valence-corrected chi connectivity index (χ0v) is 10.4. The van der Waals surface area contributed by atoms with Gasteiger partial charge in [-0.15, -0.1) is 0 Å². The van der Waals surface area contributed by atoms with E-state index < -0.39 is 29.1 Å². The molecule has 0 saturated carbocycles. The number of rotatable bonds is 2. The summed E-state index contributed by atoms with van der Waals surface area (Å²) in [5.74, 6) is -3.18. The molecule has 0 aromatic heterocycles. The minimum Gasteiger partial charge on any atom is -0.503 e. The van der Waals surface area contributed by atoms with Crippen LogP contribution in [0.1, 0.15) is 26.3 Å². The van der Waals surface area contributed by atoms with Crippen LogP contribution in [0.3, 0.4) is 0 Å². The molecule has 4 nitrogen and oxygen atoms in total. The standard InChI is InChI=1S/C12H15F2NO3/c1-12(2,3)18-11(17)15-6-7-4-8(13)10(16)9(14)5-7/h4-5,16H,6H2,1-3H3,(H,15,17). The maximum atomic E-state index is 13.0. The SMILES string of the molecule is CC(C)(C)OC(=O)NCc1cc(F)c(O)c(F)c1. The second kappa shape index (κ2) is 5.20. The lowest BCUT2D eigenvalue weighted by molar-refractivity contribution is 0.0523. The van der Waals surface area contributed by atoms with Crippen molar-refractivity contribution in [3.8, 4) is 5.75 Å². The van der Waals surface area contributed by atoms with Gasteiger partial charge in [0.2, 0.25) is 0 Å². The largest absolute Gasteiger partial charge is 0.503 e. The van der Waals surface area contributed by atoms with Gasteiger partial charge in [-0.2, -0.15) is 0 Å². The lowest BCUT2D eigenvalue weighted by atomic mass is 10.2. The van der Waals surface area contributed by atoms with Gasteiger partial charge in [-0.05, 0) is 38.5 Å². The molecule has 0 aliphatic heterocycles. The minimum atomic E-state index is -1.07. The fourth-order valence-corrected chi connectivity index (χ4v) is 1.21. The number of phenolic OH excluding ortho intramolecular Hbond substituents is 1. The second-order valence-electron chi connectivity index (χ2n) is 4.76. The monoisotopic (exact) mass is 259 g/mol. The lowest BCUT2D eigenvalue weighted by Gasteiger charge is -2.19. The fraction of sp³-hybridized carbons (Fsp3) is 0.417. The molecular formula is C12H15F2NO3. The highest BCUT2D eigenvalue weighted by atomic mass is 19.1. The third kappa shape index (κ3) is 4.20. The van der Waals surface area contributed by atoms with E-state index >= 15 is 0 Å². The van der Waals surface area contributed by atoms with Gasteiger partial charge in [0, 0.05) is 6.54 Å². The van der Waals surface area contributed by atoms with Gasteiger partial charge < -0.3 is 15.2 Å². The number of nitrogens with one attached hydrogen (secondary N) is 1. The number of phenols is 1. The van der Waals surface area contributed by atoms with Crippen LogP contribution < -0.4 is 5.32 Å². The second-order valence-corrected chi connectivity index (χ2v) is 4.76. The van der Waals surface area contributed by atoms with Gasteiger partial charge in [0.15, 0.2) is 17.4 Å². The van der Waals surface area contributed by atoms with Crippen molar-refractivity contribution in [3.63, 3.8) is 0 Å². The van der Waals surface area contributed by atoms with Crippen LogP contribution in [0, 0.1) is 11.6 Å². The predicted molar refractivity (Wildman–Crippen MR) is 61.1 cm³/mol. The Labute approximate surface area is 104 Å². The molecule has 0 bridgehead atoms. The topological polar surface area (TPSA) is 58.6 Å². The molecule has 0 spiro atoms. The highest BCUT2D eigenvalue weighted by Gasteiger charge is 2.16. The maximum absolute atomic E-state index is 13.0. The van der Waals surface area contributed by atoms with Crippen LogP contribution in [0.5, 0.6) is 5.75 Å². The minimum absolute atomic E-state index is 0.0942. The zero-order chi connectivity index (χ0) is 13.9. The molecule has 2 N–H and O–H groups in total. The van der Waals surface area contributed by atoms with E-state index in [1.807, 2.05) is 0 Å². The van der Waals surface area contributed by atoms with Crippen molar-refractivity contribution in [1.82, 2.24) is 5.32 Å². The van der Waals surface area contributed by atoms with Crippen LogP contribution in [0.2, 0.25) is 0 Å². The number of halogens is 2. The first-order chi connectivity index (χ1) is 8.19. The molecule has 0 radical (unpaired) electrons. The molecule has 0 unspecified atom stereocenters. The Kier molecular flexibility index (Phi) is 4.11. The average molecular weight is 259 g/mol. The number of carbonyl (C=O) groups excluding carboxylic acids is 1. The van der Waals surface area contributed by atoms with Gasteiger partial charge in [0.05, 0.1) is 0 Å². The Hall–Kier alpha value is -1.85. The third-order valence-electron chi connectivity index (χ3n) is 1.91. The van der Waals surface area contributed by atoms with E-state index in [1.165, 1.54) is 0 Å². The Balaban J connectivity index is 2.62. The van der Waals surface area contributed by atoms with Gasteiger partial charge >= 0.3 is 6.09 Å². The van der Waals surface area contributed by atoms with Gasteiger partial charge in [-0.25, -0.2) is 13.6 Å². The summed E-state index contributed by atoms with van der Waals surface area (Å²) in [5, 5.41) is 11.3. The van der Waals surface area contributed by atoms with Crippen LogP contribution in [-0.4, -0.2) is 16.8 Å². The van der Waals surface area contributed by atoms with Gasteiger partial charge in [0.1, 0.15) is 5.60 Å². The van der Waals surface area contributed by atoms with Gasteiger partial charge in [-0.1, -0.05) is 0 Å². The van der Waals surface area contributed by atoms with Crippen LogP contribution >= 0.6 is 0 Å². The summed E-state index contributed by atoms with van der Waals surface area (Å²) in [6.07, 6.45) is -0.684. The number of ether oxygens (including phenoxy) is 1. The molecule has 0 heterocycles. The normalized spacial score (nSPS) is 11.2. The van der Waals surface area contributed by atoms with E-state index in [9.17, 15) is 13.6 Å². The van der Waals surface area contributed by atoms with Crippen molar-refractivity contribution in [2.24, 2.45) is 0 Å². The summed E-state index contributed by atoms with van der Waals surface area (Å²) in [7, 11) is 0. The van der Waals surface area contributed by atoms with Crippen molar-refractivity contribution >= 4 is 6.09 Å². The predicted octanol–water partition coefficient (Wildman–Crippen LogP) is 2.70. The Morgan fingerprint density at radius 3 is 2.28 bits per heavy atom. The van der Waals surface area contributed by atoms with E-state index in [1.54, 1.807) is 20.8 Å². The molecule has 1 aromatic rings. The van der Waals surface area contributed by atoms with Crippen molar-refractivity contribution in [2.45, 2.75) is 32.9 Å². The Morgan fingerprint density at radius 2 is 1.83 bits per heavy atom. The first kappa shape index (κ1) is 14.2. The number of amides is 1. The van der Waals surface area contributed by atoms with Crippen LogP contribution in [0.25, 0.3) is 0 Å². The highest BCUT2D eigenvalue weighted by molar-refractivity contribution is 5.67. The molecule has 1 rings (SSSR count). The quantitative estimate of drug-likeness (QED) is 0.858. The molecule has 1 amide bonds. The van der Waals surface area contributed by atoms with Crippen molar-refractivity contribution in [2.75, 3.05) is 0 Å². The summed E-state index contributed by atoms with van der Waals surface area (Å²) in [6, 6.07) is 1.88. The first-order valence-electron chi connectivity index (χ1n) is 5.33. The van der Waals surface area contributed by atoms with E-state index in [2.05, 4.69) is 5.32 Å². The summed E-state index contributed by atoms with van der Waals surface area (Å²) < 4.78 is 31.0. The maximum Gasteiger partial charge on any atom is 0.407 e. The van der Waals surface area contributed by atoms with Crippen LogP contribution in [0.15, 0.2) is 12.1 Å². The summed E-state index contributed by atoms with van der Waals surface area (Å²) >= 11 is 0. The van der Waals surface area contributed by atoms with E-state index in [0.717, 1.165) is 12.1 Å². The average Bonchev–Trinajstić information content (AvgIpc) is 2.20. The summed E-state index contributed by atoms with van der Waals surface area (Å²) in [5.41, 5.74) is -0.455. The molecule has 0 atom stereocenters. The number of carbonyl (C=O) groups is 1. The molecule has 1 aromatic carbocycles. The first-order valence-corrected chi connectivity index (χ1v) is 5.33. The van der Waals surface area contributed by atoms with E-state index in [0.29, 0.717) is 0 Å². The van der Waals surface area contributed by atoms with Crippen molar-refractivity contribution in [3.05, 3.63) is 29.3 Å². The van der Waals surface area contributed by atoms with Gasteiger partial charge in [0.25, 0.3) is 0 Å². The third-order valence-corrected chi connectivity index (χ3v) is 1.91. The van der Waals surface area contributed by atoms with E-state index in [-0.39, 0.29) is 12.1 Å². The number of aromatic hydroxyl groups is 1. The molecule has 0 aliphatic rings. The van der Waals surface area contributed by atoms with Crippen LogP contribution in [0.4, 0.5) is 13.6 Å². The molecule has 6 heteroatoms. The molecule has 0 saturated heterocycles. The summed E-state index contributed by atoms with van der Waals surface area (Å²) in [4.78, 5) is 11.3. The molecule has 0 aliphatic carbocycles. The van der Waals surface area contributed by atoms with Gasteiger partial charge in [-0.3, -0.25) is 0 Å². The Morgan fingerprint density at radius 1 is 1.33 bits per heavy atom. The van der Waals surface area contributed by atoms with Crippen molar-refractivity contribution < 1.29 is 23.4 Å². The van der Waals surface area contributed by atoms with E-state index in [4.69, 9.17) is 9.84 Å². The molecular weight excluding hydrogens is 244 g/mol. The number of benzene rings is 1.